The number of carbonyl (C=O) groups is 1. The Bertz CT molecular complexity index is 625. The monoisotopic (exact) mass is 298 g/mol. The van der Waals surface area contributed by atoms with Crippen LogP contribution in [0.2, 0.25) is 5.28 Å². The van der Waals surface area contributed by atoms with Gasteiger partial charge in [0.1, 0.15) is 16.7 Å². The van der Waals surface area contributed by atoms with E-state index in [0.29, 0.717) is 5.82 Å². The van der Waals surface area contributed by atoms with Gasteiger partial charge < -0.3 is 10.2 Å². The predicted molar refractivity (Wildman–Crippen MR) is 78.9 cm³/mol. The van der Waals surface area contributed by atoms with Crippen LogP contribution in [0.5, 0.6) is 0 Å². The molecule has 2 aromatic heterocycles. The van der Waals surface area contributed by atoms with Crippen molar-refractivity contribution in [1.29, 1.82) is 0 Å². The largest absolute Gasteiger partial charge is 0.358 e. The number of carbonyl (C=O) groups excluding carboxylic acids is 1. The molecule has 0 aliphatic carbocycles. The van der Waals surface area contributed by atoms with Crippen molar-refractivity contribution < 1.29 is 4.79 Å². The van der Waals surface area contributed by atoms with Gasteiger partial charge in [0, 0.05) is 19.0 Å². The van der Waals surface area contributed by atoms with Crippen molar-refractivity contribution in [3.05, 3.63) is 16.2 Å². The molecule has 1 unspecified atom stereocenters. The highest BCUT2D eigenvalue weighted by atomic mass is 35.5. The van der Waals surface area contributed by atoms with Crippen LogP contribution < -0.4 is 5.32 Å². The van der Waals surface area contributed by atoms with Gasteiger partial charge in [0.05, 0.1) is 5.39 Å². The van der Waals surface area contributed by atoms with Gasteiger partial charge in [-0.1, -0.05) is 0 Å². The van der Waals surface area contributed by atoms with Crippen LogP contribution in [0.3, 0.4) is 0 Å². The molecule has 0 saturated carbocycles. The summed E-state index contributed by atoms with van der Waals surface area (Å²) in [7, 11) is 3.44. The molecule has 0 spiro atoms. The molecule has 0 aliphatic heterocycles. The lowest BCUT2D eigenvalue weighted by atomic mass is 10.2. The second-order valence-corrected chi connectivity index (χ2v) is 6.09. The summed E-state index contributed by atoms with van der Waals surface area (Å²) in [6.45, 7) is 3.79. The Balaban J connectivity index is 2.37. The summed E-state index contributed by atoms with van der Waals surface area (Å²) in [6.07, 6.45) is 0. The molecular weight excluding hydrogens is 284 g/mol. The van der Waals surface area contributed by atoms with Crippen LogP contribution in [0, 0.1) is 6.92 Å². The molecule has 2 aromatic rings. The number of hydrogen-bond acceptors (Lipinski definition) is 5. The second-order valence-electron chi connectivity index (χ2n) is 4.52. The Labute approximate surface area is 120 Å². The molecule has 5 nitrogen and oxygen atoms in total. The number of thiophene rings is 1. The Hall–Kier alpha value is -1.40. The number of amides is 1. The molecule has 0 saturated heterocycles. The van der Waals surface area contributed by atoms with Gasteiger partial charge in [0.15, 0.2) is 0 Å². The zero-order valence-corrected chi connectivity index (χ0v) is 12.8. The van der Waals surface area contributed by atoms with Gasteiger partial charge in [-0.25, -0.2) is 9.97 Å². The summed E-state index contributed by atoms with van der Waals surface area (Å²) in [5.41, 5.74) is 0. The highest BCUT2D eigenvalue weighted by Gasteiger charge is 2.17. The molecule has 19 heavy (non-hydrogen) atoms. The third-order valence-corrected chi connectivity index (χ3v) is 3.77. The fourth-order valence-corrected chi connectivity index (χ4v) is 2.88. The molecule has 1 amide bonds. The summed E-state index contributed by atoms with van der Waals surface area (Å²) in [6, 6.07) is 1.62. The molecule has 0 radical (unpaired) electrons. The van der Waals surface area contributed by atoms with Crippen molar-refractivity contribution in [2.75, 3.05) is 19.4 Å². The average molecular weight is 299 g/mol. The van der Waals surface area contributed by atoms with Crippen molar-refractivity contribution >= 4 is 44.9 Å². The maximum atomic E-state index is 11.9. The number of anilines is 1. The highest BCUT2D eigenvalue weighted by molar-refractivity contribution is 7.18. The molecule has 2 rings (SSSR count). The van der Waals surface area contributed by atoms with Gasteiger partial charge in [-0.3, -0.25) is 4.79 Å². The number of rotatable bonds is 3. The van der Waals surface area contributed by atoms with Gasteiger partial charge in [-0.2, -0.15) is 0 Å². The second kappa shape index (κ2) is 5.30. The number of nitrogens with one attached hydrogen (secondary N) is 1. The summed E-state index contributed by atoms with van der Waals surface area (Å²) >= 11 is 7.46. The summed E-state index contributed by atoms with van der Waals surface area (Å²) in [5, 5.41) is 4.18. The Kier molecular flexibility index (Phi) is 3.91. The van der Waals surface area contributed by atoms with Crippen LogP contribution in [0.4, 0.5) is 5.82 Å². The number of halogens is 1. The lowest BCUT2D eigenvalue weighted by Gasteiger charge is -2.18. The van der Waals surface area contributed by atoms with Crippen molar-refractivity contribution in [1.82, 2.24) is 14.9 Å². The van der Waals surface area contributed by atoms with E-state index in [1.807, 2.05) is 13.0 Å². The Morgan fingerprint density at radius 3 is 2.79 bits per heavy atom. The first-order valence-electron chi connectivity index (χ1n) is 5.80. The number of aryl methyl sites for hydroxylation is 1. The van der Waals surface area contributed by atoms with E-state index in [2.05, 4.69) is 15.3 Å². The molecule has 0 fully saturated rings. The topological polar surface area (TPSA) is 58.1 Å². The van der Waals surface area contributed by atoms with Gasteiger partial charge in [-0.05, 0) is 31.5 Å². The molecular formula is C12H15ClN4OS. The minimum absolute atomic E-state index is 0.0187. The van der Waals surface area contributed by atoms with E-state index < -0.39 is 0 Å². The van der Waals surface area contributed by atoms with E-state index in [0.717, 1.165) is 15.1 Å². The number of hydrogen-bond donors (Lipinski definition) is 1. The number of aromatic nitrogens is 2. The molecule has 102 valence electrons. The number of likely N-dealkylation sites (N-methyl/N-ethyl adjacent to an activating group) is 1. The highest BCUT2D eigenvalue weighted by Crippen LogP contribution is 2.29. The van der Waals surface area contributed by atoms with Crippen LogP contribution in [-0.4, -0.2) is 40.9 Å². The summed E-state index contributed by atoms with van der Waals surface area (Å²) < 4.78 is 0. The van der Waals surface area contributed by atoms with E-state index in [-0.39, 0.29) is 17.2 Å². The molecule has 0 aliphatic rings. The van der Waals surface area contributed by atoms with Crippen molar-refractivity contribution in [3.8, 4) is 0 Å². The van der Waals surface area contributed by atoms with Crippen LogP contribution in [0.25, 0.3) is 10.2 Å². The first kappa shape index (κ1) is 14.0. The number of nitrogens with zero attached hydrogens (tertiary/aromatic N) is 3. The maximum absolute atomic E-state index is 11.9. The molecule has 0 aromatic carbocycles. The SMILES string of the molecule is Cc1cc2c(NC(C)C(=O)N(C)C)nc(Cl)nc2s1. The van der Waals surface area contributed by atoms with Crippen LogP contribution in [0.15, 0.2) is 6.07 Å². The summed E-state index contributed by atoms with van der Waals surface area (Å²) in [4.78, 5) is 23.7. The zero-order valence-electron chi connectivity index (χ0n) is 11.2. The van der Waals surface area contributed by atoms with E-state index in [1.54, 1.807) is 32.4 Å². The summed E-state index contributed by atoms with van der Waals surface area (Å²) in [5.74, 6) is 0.580. The minimum atomic E-state index is -0.371. The van der Waals surface area contributed by atoms with Crippen molar-refractivity contribution in [3.63, 3.8) is 0 Å². The number of fused-ring (bicyclic) bond motifs is 1. The standard InChI is InChI=1S/C12H15ClN4OS/c1-6-5-8-9(14-7(2)11(18)17(3)4)15-12(13)16-10(8)19-6/h5,7H,1-4H3,(H,14,15,16). The molecule has 2 heterocycles. The van der Waals surface area contributed by atoms with Crippen LogP contribution in [0.1, 0.15) is 11.8 Å². The Morgan fingerprint density at radius 1 is 1.47 bits per heavy atom. The quantitative estimate of drug-likeness (QED) is 0.885. The Morgan fingerprint density at radius 2 is 2.16 bits per heavy atom. The van der Waals surface area contributed by atoms with Crippen molar-refractivity contribution in [2.24, 2.45) is 0 Å². The lowest BCUT2D eigenvalue weighted by molar-refractivity contribution is -0.129. The zero-order chi connectivity index (χ0) is 14.2. The lowest BCUT2D eigenvalue weighted by Crippen LogP contribution is -2.36. The fourth-order valence-electron chi connectivity index (χ4n) is 1.78. The van der Waals surface area contributed by atoms with E-state index in [1.165, 1.54) is 4.90 Å². The normalized spacial score (nSPS) is 12.5. The fraction of sp³-hybridized carbons (Fsp3) is 0.417. The smallest absolute Gasteiger partial charge is 0.244 e. The molecule has 0 bridgehead atoms. The van der Waals surface area contributed by atoms with E-state index >= 15 is 0 Å². The van der Waals surface area contributed by atoms with E-state index in [4.69, 9.17) is 11.6 Å². The van der Waals surface area contributed by atoms with Crippen molar-refractivity contribution in [2.45, 2.75) is 19.9 Å². The van der Waals surface area contributed by atoms with Crippen LogP contribution in [-0.2, 0) is 4.79 Å². The van der Waals surface area contributed by atoms with Gasteiger partial charge >= 0.3 is 0 Å². The van der Waals surface area contributed by atoms with E-state index in [9.17, 15) is 4.79 Å². The molecule has 7 heteroatoms. The first-order chi connectivity index (χ1) is 8.88. The predicted octanol–water partition coefficient (Wildman–Crippen LogP) is 2.54. The minimum Gasteiger partial charge on any atom is -0.358 e. The van der Waals surface area contributed by atoms with Gasteiger partial charge in [0.25, 0.3) is 0 Å². The third-order valence-electron chi connectivity index (χ3n) is 2.65. The van der Waals surface area contributed by atoms with Crippen LogP contribution >= 0.6 is 22.9 Å². The average Bonchev–Trinajstić information content (AvgIpc) is 2.68. The molecule has 1 atom stereocenters. The molecule has 1 N–H and O–H groups in total. The van der Waals surface area contributed by atoms with Gasteiger partial charge in [-0.15, -0.1) is 11.3 Å². The maximum Gasteiger partial charge on any atom is 0.244 e. The first-order valence-corrected chi connectivity index (χ1v) is 6.99. The van der Waals surface area contributed by atoms with Gasteiger partial charge in [0.2, 0.25) is 11.2 Å². The third kappa shape index (κ3) is 2.96.